The average molecular weight is 322 g/mol. The van der Waals surface area contributed by atoms with Crippen LogP contribution in [0.15, 0.2) is 45.9 Å². The standard InChI is InChI=1S/C15H18N2O4S/c1-10(2)11-6-4-5-7-12(11)17-15(18)13-8-9-14(21-13)22(19,20)16-3/h4-10,16H,1-3H3,(H,17,18). The van der Waals surface area contributed by atoms with Gasteiger partial charge in [0, 0.05) is 5.69 Å². The summed E-state index contributed by atoms with van der Waals surface area (Å²) in [5.74, 6) is -0.314. The van der Waals surface area contributed by atoms with Crippen molar-refractivity contribution in [3.8, 4) is 0 Å². The molecule has 0 spiro atoms. The summed E-state index contributed by atoms with van der Waals surface area (Å²) in [5, 5.41) is 2.45. The maximum atomic E-state index is 12.2. The predicted octanol–water partition coefficient (Wildman–Crippen LogP) is 2.56. The number of sulfonamides is 1. The van der Waals surface area contributed by atoms with E-state index >= 15 is 0 Å². The van der Waals surface area contributed by atoms with Crippen molar-refractivity contribution >= 4 is 21.6 Å². The molecule has 0 unspecified atom stereocenters. The van der Waals surface area contributed by atoms with Gasteiger partial charge in [0.1, 0.15) is 0 Å². The topological polar surface area (TPSA) is 88.4 Å². The van der Waals surface area contributed by atoms with E-state index in [2.05, 4.69) is 10.0 Å². The van der Waals surface area contributed by atoms with Crippen LogP contribution in [0.5, 0.6) is 0 Å². The molecular formula is C15H18N2O4S. The SMILES string of the molecule is CNS(=O)(=O)c1ccc(C(=O)Nc2ccccc2C(C)C)o1. The Hall–Kier alpha value is -2.12. The van der Waals surface area contributed by atoms with Crippen LogP contribution in [0.2, 0.25) is 0 Å². The molecule has 0 saturated heterocycles. The van der Waals surface area contributed by atoms with E-state index in [1.807, 2.05) is 32.0 Å². The molecule has 118 valence electrons. The van der Waals surface area contributed by atoms with Crippen molar-refractivity contribution in [1.29, 1.82) is 0 Å². The first-order chi connectivity index (χ1) is 10.3. The van der Waals surface area contributed by atoms with Crippen molar-refractivity contribution in [3.05, 3.63) is 47.7 Å². The van der Waals surface area contributed by atoms with Crippen LogP contribution in [0, 0.1) is 0 Å². The Labute approximate surface area is 129 Å². The fraction of sp³-hybridized carbons (Fsp3) is 0.267. The molecule has 0 radical (unpaired) electrons. The number of para-hydroxylation sites is 1. The zero-order valence-electron chi connectivity index (χ0n) is 12.6. The lowest BCUT2D eigenvalue weighted by atomic mass is 10.0. The summed E-state index contributed by atoms with van der Waals surface area (Å²) in [6.07, 6.45) is 0. The summed E-state index contributed by atoms with van der Waals surface area (Å²) in [6.45, 7) is 4.05. The van der Waals surface area contributed by atoms with Gasteiger partial charge in [0.2, 0.25) is 5.09 Å². The van der Waals surface area contributed by atoms with Crippen LogP contribution >= 0.6 is 0 Å². The Kier molecular flexibility index (Phi) is 4.68. The van der Waals surface area contributed by atoms with E-state index in [1.165, 1.54) is 19.2 Å². The zero-order chi connectivity index (χ0) is 16.3. The summed E-state index contributed by atoms with van der Waals surface area (Å²) >= 11 is 0. The molecule has 1 amide bonds. The highest BCUT2D eigenvalue weighted by atomic mass is 32.2. The van der Waals surface area contributed by atoms with Gasteiger partial charge in [-0.15, -0.1) is 0 Å². The van der Waals surface area contributed by atoms with Crippen molar-refractivity contribution in [2.24, 2.45) is 0 Å². The van der Waals surface area contributed by atoms with Crippen LogP contribution in [0.3, 0.4) is 0 Å². The molecule has 2 rings (SSSR count). The quantitative estimate of drug-likeness (QED) is 0.885. The smallest absolute Gasteiger partial charge is 0.291 e. The van der Waals surface area contributed by atoms with Crippen LogP contribution < -0.4 is 10.0 Å². The molecule has 1 aromatic carbocycles. The molecule has 6 nitrogen and oxygen atoms in total. The lowest BCUT2D eigenvalue weighted by Crippen LogP contribution is -2.18. The number of rotatable bonds is 5. The van der Waals surface area contributed by atoms with Crippen LogP contribution in [-0.4, -0.2) is 21.4 Å². The van der Waals surface area contributed by atoms with Crippen molar-refractivity contribution < 1.29 is 17.6 Å². The molecule has 0 aliphatic rings. The Morgan fingerprint density at radius 2 is 1.82 bits per heavy atom. The summed E-state index contributed by atoms with van der Waals surface area (Å²) < 4.78 is 30.4. The Morgan fingerprint density at radius 1 is 1.14 bits per heavy atom. The summed E-state index contributed by atoms with van der Waals surface area (Å²) in [5.41, 5.74) is 1.67. The second-order valence-corrected chi connectivity index (χ2v) is 6.84. The zero-order valence-corrected chi connectivity index (χ0v) is 13.4. The average Bonchev–Trinajstić information content (AvgIpc) is 2.98. The molecule has 0 fully saturated rings. The summed E-state index contributed by atoms with van der Waals surface area (Å²) in [7, 11) is -2.43. The third kappa shape index (κ3) is 3.37. The highest BCUT2D eigenvalue weighted by Gasteiger charge is 2.20. The van der Waals surface area contributed by atoms with E-state index in [0.29, 0.717) is 5.69 Å². The first-order valence-electron chi connectivity index (χ1n) is 6.79. The minimum Gasteiger partial charge on any atom is -0.438 e. The molecule has 0 atom stereocenters. The summed E-state index contributed by atoms with van der Waals surface area (Å²) in [6, 6.07) is 10.0. The van der Waals surface area contributed by atoms with Crippen LogP contribution in [0.4, 0.5) is 5.69 Å². The van der Waals surface area contributed by atoms with Gasteiger partial charge in [-0.05, 0) is 36.7 Å². The Morgan fingerprint density at radius 3 is 2.45 bits per heavy atom. The highest BCUT2D eigenvalue weighted by Crippen LogP contribution is 2.24. The fourth-order valence-corrected chi connectivity index (χ4v) is 2.63. The molecular weight excluding hydrogens is 304 g/mol. The maximum Gasteiger partial charge on any atom is 0.291 e. The van der Waals surface area contributed by atoms with Gasteiger partial charge in [-0.25, -0.2) is 13.1 Å². The van der Waals surface area contributed by atoms with Gasteiger partial charge in [0.25, 0.3) is 15.9 Å². The number of anilines is 1. The number of benzene rings is 1. The first kappa shape index (κ1) is 16.3. The van der Waals surface area contributed by atoms with E-state index in [1.54, 1.807) is 6.07 Å². The number of furan rings is 1. The van der Waals surface area contributed by atoms with Gasteiger partial charge < -0.3 is 9.73 Å². The van der Waals surface area contributed by atoms with Crippen molar-refractivity contribution in [1.82, 2.24) is 4.72 Å². The minimum absolute atomic E-state index is 0.0626. The number of nitrogens with one attached hydrogen (secondary N) is 2. The van der Waals surface area contributed by atoms with E-state index in [0.717, 1.165) is 5.56 Å². The lowest BCUT2D eigenvalue weighted by Gasteiger charge is -2.12. The number of amides is 1. The second kappa shape index (κ2) is 6.33. The first-order valence-corrected chi connectivity index (χ1v) is 8.27. The van der Waals surface area contributed by atoms with Gasteiger partial charge in [-0.3, -0.25) is 4.79 Å². The summed E-state index contributed by atoms with van der Waals surface area (Å²) in [4.78, 5) is 12.2. The molecule has 0 aliphatic heterocycles. The van der Waals surface area contributed by atoms with Crippen LogP contribution in [0.25, 0.3) is 0 Å². The van der Waals surface area contributed by atoms with Gasteiger partial charge >= 0.3 is 0 Å². The third-order valence-corrected chi connectivity index (χ3v) is 4.46. The lowest BCUT2D eigenvalue weighted by molar-refractivity contribution is 0.0991. The fourth-order valence-electron chi connectivity index (χ4n) is 1.99. The monoisotopic (exact) mass is 322 g/mol. The van der Waals surface area contributed by atoms with Crippen LogP contribution in [0.1, 0.15) is 35.9 Å². The van der Waals surface area contributed by atoms with E-state index in [9.17, 15) is 13.2 Å². The second-order valence-electron chi connectivity index (χ2n) is 5.02. The Bertz CT molecular complexity index is 778. The molecule has 1 heterocycles. The van der Waals surface area contributed by atoms with E-state index in [-0.39, 0.29) is 16.8 Å². The van der Waals surface area contributed by atoms with Crippen molar-refractivity contribution in [2.75, 3.05) is 12.4 Å². The van der Waals surface area contributed by atoms with E-state index in [4.69, 9.17) is 4.42 Å². The number of hydrogen-bond acceptors (Lipinski definition) is 4. The number of hydrogen-bond donors (Lipinski definition) is 2. The molecule has 0 bridgehead atoms. The number of carbonyl (C=O) groups excluding carboxylic acids is 1. The van der Waals surface area contributed by atoms with Crippen molar-refractivity contribution in [3.63, 3.8) is 0 Å². The predicted molar refractivity (Wildman–Crippen MR) is 83.4 cm³/mol. The molecule has 1 aromatic heterocycles. The maximum absolute atomic E-state index is 12.2. The van der Waals surface area contributed by atoms with Gasteiger partial charge in [-0.1, -0.05) is 32.0 Å². The van der Waals surface area contributed by atoms with Gasteiger partial charge in [-0.2, -0.15) is 0 Å². The highest BCUT2D eigenvalue weighted by molar-refractivity contribution is 7.89. The Balaban J connectivity index is 2.24. The van der Waals surface area contributed by atoms with Gasteiger partial charge in [0.05, 0.1) is 0 Å². The minimum atomic E-state index is -3.70. The largest absolute Gasteiger partial charge is 0.438 e. The molecule has 2 aromatic rings. The molecule has 7 heteroatoms. The third-order valence-electron chi connectivity index (χ3n) is 3.17. The number of carbonyl (C=O) groups is 1. The molecule has 0 aliphatic carbocycles. The van der Waals surface area contributed by atoms with E-state index < -0.39 is 15.9 Å². The molecule has 0 saturated carbocycles. The van der Waals surface area contributed by atoms with Gasteiger partial charge in [0.15, 0.2) is 5.76 Å². The van der Waals surface area contributed by atoms with Crippen molar-refractivity contribution in [2.45, 2.75) is 24.9 Å². The molecule has 2 N–H and O–H groups in total. The van der Waals surface area contributed by atoms with Crippen LogP contribution in [-0.2, 0) is 10.0 Å². The molecule has 22 heavy (non-hydrogen) atoms. The normalized spacial score (nSPS) is 11.6.